The van der Waals surface area contributed by atoms with Crippen molar-refractivity contribution in [2.75, 3.05) is 7.05 Å². The summed E-state index contributed by atoms with van der Waals surface area (Å²) in [6.45, 7) is 0.832. The van der Waals surface area contributed by atoms with Gasteiger partial charge in [-0.25, -0.2) is 0 Å². The van der Waals surface area contributed by atoms with Gasteiger partial charge in [0.25, 0.3) is 5.91 Å². The second-order valence-corrected chi connectivity index (χ2v) is 6.30. The first-order valence-corrected chi connectivity index (χ1v) is 8.65. The number of amides is 1. The Hall–Kier alpha value is -3.03. The molecule has 8 heteroatoms. The monoisotopic (exact) mass is 385 g/mol. The Morgan fingerprint density at radius 3 is 2.78 bits per heavy atom. The number of H-pyrrole nitrogens is 1. The van der Waals surface area contributed by atoms with Gasteiger partial charge in [-0.05, 0) is 29.3 Å². The fraction of sp³-hybridized carbons (Fsp3) is 0.158. The SMILES string of the molecule is CN=C(N)NC(=O)c1cc2c(Cl)ccc(OCc3cccc(CN)c3)c2[nH]1. The van der Waals surface area contributed by atoms with Crippen LogP contribution >= 0.6 is 11.6 Å². The largest absolute Gasteiger partial charge is 0.487 e. The lowest BCUT2D eigenvalue weighted by molar-refractivity contribution is 0.0972. The van der Waals surface area contributed by atoms with Crippen LogP contribution in [0.2, 0.25) is 5.02 Å². The molecular formula is C19H20ClN5O2. The molecule has 0 spiro atoms. The quantitative estimate of drug-likeness (QED) is 0.398. The van der Waals surface area contributed by atoms with Crippen LogP contribution < -0.4 is 21.5 Å². The highest BCUT2D eigenvalue weighted by atomic mass is 35.5. The maximum absolute atomic E-state index is 12.3. The summed E-state index contributed by atoms with van der Waals surface area (Å²) in [5.74, 6) is 0.205. The van der Waals surface area contributed by atoms with Crippen LogP contribution in [-0.2, 0) is 13.2 Å². The minimum atomic E-state index is -0.410. The third-order valence-electron chi connectivity index (χ3n) is 4.05. The van der Waals surface area contributed by atoms with E-state index in [4.69, 9.17) is 27.8 Å². The predicted octanol–water partition coefficient (Wildman–Crippen LogP) is 2.53. The molecule has 1 amide bonds. The number of ether oxygens (including phenoxy) is 1. The maximum Gasteiger partial charge on any atom is 0.274 e. The summed E-state index contributed by atoms with van der Waals surface area (Å²) >= 11 is 6.27. The summed E-state index contributed by atoms with van der Waals surface area (Å²) in [6, 6.07) is 13.0. The molecule has 27 heavy (non-hydrogen) atoms. The Morgan fingerprint density at radius 2 is 2.04 bits per heavy atom. The molecule has 6 N–H and O–H groups in total. The van der Waals surface area contributed by atoms with Gasteiger partial charge in [0.05, 0.1) is 10.5 Å². The third-order valence-corrected chi connectivity index (χ3v) is 4.38. The Balaban J connectivity index is 1.87. The van der Waals surface area contributed by atoms with Crippen LogP contribution in [0.1, 0.15) is 21.6 Å². The van der Waals surface area contributed by atoms with E-state index in [0.29, 0.717) is 40.5 Å². The average molecular weight is 386 g/mol. The van der Waals surface area contributed by atoms with Crippen molar-refractivity contribution in [1.82, 2.24) is 10.3 Å². The van der Waals surface area contributed by atoms with Gasteiger partial charge >= 0.3 is 0 Å². The van der Waals surface area contributed by atoms with Gasteiger partial charge in [-0.1, -0.05) is 35.9 Å². The second kappa shape index (κ2) is 8.11. The van der Waals surface area contributed by atoms with E-state index in [2.05, 4.69) is 15.3 Å². The zero-order chi connectivity index (χ0) is 19.4. The minimum Gasteiger partial charge on any atom is -0.487 e. The van der Waals surface area contributed by atoms with Crippen LogP contribution in [0.5, 0.6) is 5.75 Å². The molecule has 0 saturated carbocycles. The number of benzene rings is 2. The van der Waals surface area contributed by atoms with Crippen molar-refractivity contribution in [3.8, 4) is 5.75 Å². The Bertz CT molecular complexity index is 1010. The lowest BCUT2D eigenvalue weighted by Gasteiger charge is -2.09. The van der Waals surface area contributed by atoms with Gasteiger partial charge in [-0.3, -0.25) is 15.1 Å². The number of aromatic amines is 1. The van der Waals surface area contributed by atoms with E-state index >= 15 is 0 Å². The van der Waals surface area contributed by atoms with Crippen molar-refractivity contribution in [2.24, 2.45) is 16.5 Å². The molecule has 2 aromatic carbocycles. The van der Waals surface area contributed by atoms with Crippen molar-refractivity contribution in [3.05, 3.63) is 64.3 Å². The van der Waals surface area contributed by atoms with Gasteiger partial charge < -0.3 is 21.2 Å². The first kappa shape index (κ1) is 18.8. The molecule has 7 nitrogen and oxygen atoms in total. The molecule has 1 aromatic heterocycles. The topological polar surface area (TPSA) is 119 Å². The van der Waals surface area contributed by atoms with E-state index in [1.807, 2.05) is 24.3 Å². The first-order chi connectivity index (χ1) is 13.0. The van der Waals surface area contributed by atoms with E-state index in [1.54, 1.807) is 18.2 Å². The summed E-state index contributed by atoms with van der Waals surface area (Å²) in [5, 5.41) is 3.67. The summed E-state index contributed by atoms with van der Waals surface area (Å²) in [5.41, 5.74) is 14.2. The van der Waals surface area contributed by atoms with Crippen molar-refractivity contribution in [2.45, 2.75) is 13.2 Å². The molecule has 1 heterocycles. The Labute approximate surface area is 161 Å². The second-order valence-electron chi connectivity index (χ2n) is 5.89. The van der Waals surface area contributed by atoms with Crippen LogP contribution in [-0.4, -0.2) is 23.9 Å². The number of aliphatic imine (C=N–C) groups is 1. The number of guanidine groups is 1. The molecule has 0 saturated heterocycles. The lowest BCUT2D eigenvalue weighted by atomic mass is 10.1. The van der Waals surface area contributed by atoms with Gasteiger partial charge in [0, 0.05) is 19.0 Å². The third kappa shape index (κ3) is 4.21. The highest BCUT2D eigenvalue weighted by molar-refractivity contribution is 6.35. The highest BCUT2D eigenvalue weighted by Crippen LogP contribution is 2.32. The standard InChI is InChI=1S/C19H20ClN5O2/c1-23-19(22)25-18(26)15-8-13-14(20)5-6-16(17(13)24-15)27-10-12-4-2-3-11(7-12)9-21/h2-8,24H,9-10,21H2,1H3,(H3,22,23,25,26). The number of nitrogens with zero attached hydrogens (tertiary/aromatic N) is 1. The normalized spacial score (nSPS) is 11.6. The van der Waals surface area contributed by atoms with Crippen LogP contribution in [0.4, 0.5) is 0 Å². The number of fused-ring (bicyclic) bond motifs is 1. The lowest BCUT2D eigenvalue weighted by Crippen LogP contribution is -2.36. The van der Waals surface area contributed by atoms with Crippen molar-refractivity contribution < 1.29 is 9.53 Å². The summed E-state index contributed by atoms with van der Waals surface area (Å²) < 4.78 is 5.94. The van der Waals surface area contributed by atoms with E-state index < -0.39 is 5.91 Å². The molecule has 0 unspecified atom stereocenters. The number of halogens is 1. The average Bonchev–Trinajstić information content (AvgIpc) is 3.14. The van der Waals surface area contributed by atoms with Crippen LogP contribution in [0.3, 0.4) is 0 Å². The number of carbonyl (C=O) groups excluding carboxylic acids is 1. The molecule has 0 fully saturated rings. The maximum atomic E-state index is 12.3. The Kier molecular flexibility index (Phi) is 5.63. The summed E-state index contributed by atoms with van der Waals surface area (Å²) in [6.07, 6.45) is 0. The Morgan fingerprint density at radius 1 is 1.26 bits per heavy atom. The van der Waals surface area contributed by atoms with Crippen molar-refractivity contribution >= 4 is 34.4 Å². The molecule has 3 aromatic rings. The van der Waals surface area contributed by atoms with Crippen molar-refractivity contribution in [1.29, 1.82) is 0 Å². The molecule has 0 atom stereocenters. The summed E-state index contributed by atoms with van der Waals surface area (Å²) in [4.78, 5) is 19.0. The molecule has 0 aliphatic heterocycles. The number of aromatic nitrogens is 1. The fourth-order valence-electron chi connectivity index (χ4n) is 2.65. The predicted molar refractivity (Wildman–Crippen MR) is 107 cm³/mol. The number of nitrogens with one attached hydrogen (secondary N) is 2. The van der Waals surface area contributed by atoms with E-state index in [0.717, 1.165) is 11.1 Å². The molecule has 3 rings (SSSR count). The van der Waals surface area contributed by atoms with Gasteiger partial charge in [0.15, 0.2) is 5.96 Å². The van der Waals surface area contributed by atoms with E-state index in [1.165, 1.54) is 7.05 Å². The van der Waals surface area contributed by atoms with Gasteiger partial charge in [-0.15, -0.1) is 0 Å². The minimum absolute atomic E-state index is 0.0287. The van der Waals surface area contributed by atoms with Crippen molar-refractivity contribution in [3.63, 3.8) is 0 Å². The van der Waals surface area contributed by atoms with Gasteiger partial charge in [0.2, 0.25) is 0 Å². The zero-order valence-corrected chi connectivity index (χ0v) is 15.5. The molecule has 0 aliphatic rings. The number of hydrogen-bond acceptors (Lipinski definition) is 4. The smallest absolute Gasteiger partial charge is 0.274 e. The van der Waals surface area contributed by atoms with Crippen LogP contribution in [0.15, 0.2) is 47.5 Å². The molecule has 0 aliphatic carbocycles. The number of nitrogens with two attached hydrogens (primary N) is 2. The number of carbonyl (C=O) groups is 1. The van der Waals surface area contributed by atoms with Crippen LogP contribution in [0.25, 0.3) is 10.9 Å². The van der Waals surface area contributed by atoms with Crippen LogP contribution in [0, 0.1) is 0 Å². The van der Waals surface area contributed by atoms with E-state index in [-0.39, 0.29) is 5.96 Å². The molecular weight excluding hydrogens is 366 g/mol. The van der Waals surface area contributed by atoms with E-state index in [9.17, 15) is 4.79 Å². The molecule has 0 bridgehead atoms. The zero-order valence-electron chi connectivity index (χ0n) is 14.8. The first-order valence-electron chi connectivity index (χ1n) is 8.27. The molecule has 0 radical (unpaired) electrons. The van der Waals surface area contributed by atoms with Gasteiger partial charge in [0.1, 0.15) is 18.1 Å². The highest BCUT2D eigenvalue weighted by Gasteiger charge is 2.15. The molecule has 140 valence electrons. The number of rotatable bonds is 5. The van der Waals surface area contributed by atoms with Gasteiger partial charge in [-0.2, -0.15) is 0 Å². The summed E-state index contributed by atoms with van der Waals surface area (Å²) in [7, 11) is 1.49. The fourth-order valence-corrected chi connectivity index (χ4v) is 2.86. The number of hydrogen-bond donors (Lipinski definition) is 4.